The Morgan fingerprint density at radius 3 is 2.15 bits per heavy atom. The van der Waals surface area contributed by atoms with E-state index in [9.17, 15) is 13.2 Å². The van der Waals surface area contributed by atoms with Gasteiger partial charge >= 0.3 is 0 Å². The molecule has 2 N–H and O–H groups in total. The van der Waals surface area contributed by atoms with Crippen LogP contribution in [-0.4, -0.2) is 20.5 Å². The van der Waals surface area contributed by atoms with Crippen LogP contribution in [0, 0.1) is 0 Å². The first-order chi connectivity index (χ1) is 16.5. The number of nitrogens with zero attached hydrogens (tertiary/aromatic N) is 1. The maximum Gasteiger partial charge on any atom is 0.273 e. The van der Waals surface area contributed by atoms with Gasteiger partial charge in [-0.3, -0.25) is 9.52 Å². The highest BCUT2D eigenvalue weighted by molar-refractivity contribution is 7.94. The van der Waals surface area contributed by atoms with Crippen LogP contribution in [0.25, 0.3) is 21.5 Å². The van der Waals surface area contributed by atoms with Gasteiger partial charge < -0.3 is 0 Å². The summed E-state index contributed by atoms with van der Waals surface area (Å²) < 4.78 is 27.9. The van der Waals surface area contributed by atoms with Crippen molar-refractivity contribution in [1.82, 2.24) is 5.43 Å². The Hall–Kier alpha value is -4.01. The van der Waals surface area contributed by atoms with E-state index in [0.29, 0.717) is 0 Å². The maximum atomic E-state index is 12.9. The topological polar surface area (TPSA) is 87.6 Å². The Morgan fingerprint density at radius 2 is 1.47 bits per heavy atom. The Bertz CT molecular complexity index is 1590. The van der Waals surface area contributed by atoms with E-state index in [1.54, 1.807) is 41.9 Å². The van der Waals surface area contributed by atoms with Gasteiger partial charge in [0.05, 0.1) is 17.5 Å². The van der Waals surface area contributed by atoms with E-state index in [1.807, 2.05) is 48.5 Å². The highest BCUT2D eigenvalue weighted by atomic mass is 32.2. The van der Waals surface area contributed by atoms with Gasteiger partial charge in [0.1, 0.15) is 4.21 Å². The lowest BCUT2D eigenvalue weighted by Crippen LogP contribution is -2.21. The molecule has 168 valence electrons. The van der Waals surface area contributed by atoms with E-state index in [1.165, 1.54) is 6.07 Å². The normalized spacial score (nSPS) is 11.8. The number of benzene rings is 4. The quantitative estimate of drug-likeness (QED) is 0.186. The lowest BCUT2D eigenvalue weighted by molar-refractivity contribution is 0.0956. The van der Waals surface area contributed by atoms with E-state index in [4.69, 9.17) is 0 Å². The smallest absolute Gasteiger partial charge is 0.273 e. The molecular formula is C26H19N3O3S2. The molecule has 4 aromatic carbocycles. The third-order valence-corrected chi connectivity index (χ3v) is 8.11. The zero-order valence-electron chi connectivity index (χ0n) is 17.8. The molecule has 1 heterocycles. The van der Waals surface area contributed by atoms with Crippen molar-refractivity contribution in [3.05, 3.63) is 108 Å². The van der Waals surface area contributed by atoms with Crippen LogP contribution in [0.3, 0.4) is 0 Å². The number of thiophene rings is 1. The van der Waals surface area contributed by atoms with Gasteiger partial charge in [-0.25, -0.2) is 13.8 Å². The molecule has 6 nitrogen and oxygen atoms in total. The molecule has 0 aliphatic heterocycles. The summed E-state index contributed by atoms with van der Waals surface area (Å²) in [6.45, 7) is 0. The summed E-state index contributed by atoms with van der Waals surface area (Å²) >= 11 is 1.10. The maximum absolute atomic E-state index is 12.9. The van der Waals surface area contributed by atoms with E-state index in [0.717, 1.165) is 38.4 Å². The first-order valence-electron chi connectivity index (χ1n) is 10.4. The van der Waals surface area contributed by atoms with Crippen molar-refractivity contribution in [2.45, 2.75) is 4.21 Å². The second-order valence-electron chi connectivity index (χ2n) is 7.51. The van der Waals surface area contributed by atoms with Crippen molar-refractivity contribution >= 4 is 60.7 Å². The number of hydrogen-bond donors (Lipinski definition) is 2. The fraction of sp³-hybridized carbons (Fsp3) is 0. The molecule has 0 saturated heterocycles. The predicted molar refractivity (Wildman–Crippen MR) is 138 cm³/mol. The Kier molecular flexibility index (Phi) is 5.83. The molecule has 1 aromatic heterocycles. The van der Waals surface area contributed by atoms with Crippen LogP contribution >= 0.6 is 11.3 Å². The van der Waals surface area contributed by atoms with Crippen molar-refractivity contribution in [2.24, 2.45) is 5.10 Å². The number of hydrazone groups is 1. The Morgan fingerprint density at radius 1 is 0.824 bits per heavy atom. The summed E-state index contributed by atoms with van der Waals surface area (Å²) in [5.74, 6) is -0.523. The van der Waals surface area contributed by atoms with Gasteiger partial charge in [-0.15, -0.1) is 11.3 Å². The summed E-state index contributed by atoms with van der Waals surface area (Å²) in [5, 5.41) is 10.1. The van der Waals surface area contributed by atoms with Crippen LogP contribution in [0.1, 0.15) is 15.9 Å². The van der Waals surface area contributed by atoms with Gasteiger partial charge in [-0.05, 0) is 51.2 Å². The van der Waals surface area contributed by atoms with E-state index < -0.39 is 15.9 Å². The molecule has 8 heteroatoms. The molecule has 0 aliphatic rings. The second-order valence-corrected chi connectivity index (χ2v) is 10.4. The minimum absolute atomic E-state index is 0.169. The van der Waals surface area contributed by atoms with Crippen molar-refractivity contribution in [2.75, 3.05) is 4.72 Å². The number of sulfonamides is 1. The molecule has 0 radical (unpaired) electrons. The van der Waals surface area contributed by atoms with Crippen LogP contribution in [0.4, 0.5) is 5.69 Å². The molecular weight excluding hydrogens is 466 g/mol. The fourth-order valence-corrected chi connectivity index (χ4v) is 5.86. The summed E-state index contributed by atoms with van der Waals surface area (Å²) in [4.78, 5) is 12.9. The molecule has 0 fully saturated rings. The lowest BCUT2D eigenvalue weighted by Gasteiger charge is -2.11. The fourth-order valence-electron chi connectivity index (χ4n) is 3.79. The third kappa shape index (κ3) is 4.28. The van der Waals surface area contributed by atoms with E-state index in [-0.39, 0.29) is 15.5 Å². The number of carbonyl (C=O) groups is 1. The number of hydrogen-bond acceptors (Lipinski definition) is 5. The molecule has 0 aliphatic carbocycles. The van der Waals surface area contributed by atoms with E-state index >= 15 is 0 Å². The predicted octanol–water partition coefficient (Wildman–Crippen LogP) is 5.62. The lowest BCUT2D eigenvalue weighted by atomic mass is 9.97. The second kappa shape index (κ2) is 9.09. The molecule has 0 unspecified atom stereocenters. The molecule has 1 amide bonds. The van der Waals surface area contributed by atoms with Crippen LogP contribution in [-0.2, 0) is 10.0 Å². The number of rotatable bonds is 6. The van der Waals surface area contributed by atoms with Gasteiger partial charge in [0, 0.05) is 5.56 Å². The standard InChI is InChI=1S/C26H19N3O3S2/c30-26(22-12-5-6-13-24(22)29-34(31,32)25-14-7-15-33-25)28-27-17-23-20-10-3-1-8-18(20)16-19-9-2-4-11-21(19)23/h1-17,29H,(H,28,30). The van der Waals surface area contributed by atoms with Crippen LogP contribution < -0.4 is 10.1 Å². The molecule has 0 saturated carbocycles. The zero-order chi connectivity index (χ0) is 23.5. The van der Waals surface area contributed by atoms with Crippen LogP contribution in [0.5, 0.6) is 0 Å². The van der Waals surface area contributed by atoms with Crippen molar-refractivity contribution in [3.8, 4) is 0 Å². The van der Waals surface area contributed by atoms with Gasteiger partial charge in [-0.2, -0.15) is 5.10 Å². The molecule has 0 spiro atoms. The van der Waals surface area contributed by atoms with Crippen molar-refractivity contribution in [3.63, 3.8) is 0 Å². The minimum Gasteiger partial charge on any atom is -0.278 e. The average Bonchev–Trinajstić information content (AvgIpc) is 3.40. The first kappa shape index (κ1) is 21.8. The monoisotopic (exact) mass is 485 g/mol. The number of anilines is 1. The van der Waals surface area contributed by atoms with Gasteiger partial charge in [0.15, 0.2) is 0 Å². The first-order valence-corrected chi connectivity index (χ1v) is 12.8. The van der Waals surface area contributed by atoms with Gasteiger partial charge in [-0.1, -0.05) is 66.7 Å². The number of carbonyl (C=O) groups excluding carboxylic acids is 1. The Labute approximate surface area is 200 Å². The zero-order valence-corrected chi connectivity index (χ0v) is 19.4. The molecule has 34 heavy (non-hydrogen) atoms. The van der Waals surface area contributed by atoms with Crippen molar-refractivity contribution in [1.29, 1.82) is 0 Å². The van der Waals surface area contributed by atoms with Crippen LogP contribution in [0.15, 0.2) is 106 Å². The number of amides is 1. The van der Waals surface area contributed by atoms with E-state index in [2.05, 4.69) is 21.3 Å². The van der Waals surface area contributed by atoms with Gasteiger partial charge in [0.25, 0.3) is 15.9 Å². The number of fused-ring (bicyclic) bond motifs is 2. The summed E-state index contributed by atoms with van der Waals surface area (Å²) in [5.41, 5.74) is 3.77. The van der Waals surface area contributed by atoms with Gasteiger partial charge in [0.2, 0.25) is 0 Å². The average molecular weight is 486 g/mol. The molecule has 5 aromatic rings. The number of nitrogens with one attached hydrogen (secondary N) is 2. The highest BCUT2D eigenvalue weighted by Crippen LogP contribution is 2.27. The molecule has 0 bridgehead atoms. The van der Waals surface area contributed by atoms with Crippen molar-refractivity contribution < 1.29 is 13.2 Å². The Balaban J connectivity index is 1.44. The molecule has 5 rings (SSSR count). The highest BCUT2D eigenvalue weighted by Gasteiger charge is 2.19. The summed E-state index contributed by atoms with van der Waals surface area (Å²) in [6, 6.07) is 27.7. The number of para-hydroxylation sites is 1. The SMILES string of the molecule is O=C(NN=Cc1c2ccccc2cc2ccccc12)c1ccccc1NS(=O)(=O)c1cccs1. The molecule has 0 atom stereocenters. The summed E-state index contributed by atoms with van der Waals surface area (Å²) in [7, 11) is -3.79. The minimum atomic E-state index is -3.79. The third-order valence-electron chi connectivity index (χ3n) is 5.35. The largest absolute Gasteiger partial charge is 0.278 e. The van der Waals surface area contributed by atoms with Crippen LogP contribution in [0.2, 0.25) is 0 Å². The summed E-state index contributed by atoms with van der Waals surface area (Å²) in [6.07, 6.45) is 1.63.